The summed E-state index contributed by atoms with van der Waals surface area (Å²) in [6.07, 6.45) is 1.86. The van der Waals surface area contributed by atoms with Crippen molar-refractivity contribution in [3.63, 3.8) is 0 Å². The summed E-state index contributed by atoms with van der Waals surface area (Å²) in [7, 11) is 0. The van der Waals surface area contributed by atoms with Crippen molar-refractivity contribution in [3.8, 4) is 0 Å². The molecule has 0 aromatic heterocycles. The number of benzene rings is 1. The van der Waals surface area contributed by atoms with Crippen LogP contribution >= 0.6 is 11.6 Å². The van der Waals surface area contributed by atoms with Crippen LogP contribution in [-0.2, 0) is 0 Å². The predicted octanol–water partition coefficient (Wildman–Crippen LogP) is 3.96. The summed E-state index contributed by atoms with van der Waals surface area (Å²) < 4.78 is 0. The highest BCUT2D eigenvalue weighted by Gasteiger charge is 2.09. The first-order chi connectivity index (χ1) is 8.06. The third-order valence-electron chi connectivity index (χ3n) is 2.77. The van der Waals surface area contributed by atoms with E-state index in [-0.39, 0.29) is 12.1 Å². The van der Waals surface area contributed by atoms with Gasteiger partial charge in [-0.15, -0.1) is 0 Å². The SMILES string of the molecule is CCC(CC)NC(=O)Nc1cc(Cl)ccc1C. The maximum absolute atomic E-state index is 11.7. The maximum Gasteiger partial charge on any atom is 0.319 e. The molecule has 0 bridgehead atoms. The molecule has 0 saturated carbocycles. The smallest absolute Gasteiger partial charge is 0.319 e. The molecule has 2 N–H and O–H groups in total. The van der Waals surface area contributed by atoms with Crippen LogP contribution in [0.2, 0.25) is 5.02 Å². The Balaban J connectivity index is 2.64. The zero-order valence-corrected chi connectivity index (χ0v) is 11.3. The van der Waals surface area contributed by atoms with Crippen LogP contribution in [-0.4, -0.2) is 12.1 Å². The number of hydrogen-bond donors (Lipinski definition) is 2. The first-order valence-corrected chi connectivity index (χ1v) is 6.28. The van der Waals surface area contributed by atoms with Crippen LogP contribution in [0.3, 0.4) is 0 Å². The van der Waals surface area contributed by atoms with Crippen molar-refractivity contribution in [2.24, 2.45) is 0 Å². The highest BCUT2D eigenvalue weighted by Crippen LogP contribution is 2.19. The minimum atomic E-state index is -0.177. The topological polar surface area (TPSA) is 41.1 Å². The number of rotatable bonds is 4. The van der Waals surface area contributed by atoms with E-state index in [4.69, 9.17) is 11.6 Å². The maximum atomic E-state index is 11.7. The van der Waals surface area contributed by atoms with Crippen LogP contribution in [0, 0.1) is 6.92 Å². The largest absolute Gasteiger partial charge is 0.335 e. The number of carbonyl (C=O) groups excluding carboxylic acids is 1. The van der Waals surface area contributed by atoms with Gasteiger partial charge in [0.15, 0.2) is 0 Å². The van der Waals surface area contributed by atoms with E-state index >= 15 is 0 Å². The fraction of sp³-hybridized carbons (Fsp3) is 0.462. The first kappa shape index (κ1) is 13.8. The van der Waals surface area contributed by atoms with Gasteiger partial charge in [-0.05, 0) is 37.5 Å². The van der Waals surface area contributed by atoms with Gasteiger partial charge in [-0.3, -0.25) is 0 Å². The van der Waals surface area contributed by atoms with Crippen LogP contribution in [0.1, 0.15) is 32.3 Å². The van der Waals surface area contributed by atoms with E-state index in [9.17, 15) is 4.79 Å². The first-order valence-electron chi connectivity index (χ1n) is 5.90. The molecule has 0 unspecified atom stereocenters. The zero-order chi connectivity index (χ0) is 12.8. The number of urea groups is 1. The second-order valence-corrected chi connectivity index (χ2v) is 4.51. The van der Waals surface area contributed by atoms with Gasteiger partial charge in [-0.1, -0.05) is 31.5 Å². The Kier molecular flexibility index (Phi) is 5.29. The highest BCUT2D eigenvalue weighted by atomic mass is 35.5. The number of aryl methyl sites for hydroxylation is 1. The summed E-state index contributed by atoms with van der Waals surface area (Å²) in [6.45, 7) is 6.04. The summed E-state index contributed by atoms with van der Waals surface area (Å²) >= 11 is 5.89. The van der Waals surface area contributed by atoms with E-state index in [1.54, 1.807) is 12.1 Å². The van der Waals surface area contributed by atoms with Crippen LogP contribution < -0.4 is 10.6 Å². The fourth-order valence-corrected chi connectivity index (χ4v) is 1.74. The minimum Gasteiger partial charge on any atom is -0.335 e. The molecule has 0 aliphatic rings. The minimum absolute atomic E-state index is 0.177. The second kappa shape index (κ2) is 6.50. The van der Waals surface area contributed by atoms with Gasteiger partial charge in [0.1, 0.15) is 0 Å². The predicted molar refractivity (Wildman–Crippen MR) is 72.7 cm³/mol. The van der Waals surface area contributed by atoms with Crippen LogP contribution in [0.4, 0.5) is 10.5 Å². The van der Waals surface area contributed by atoms with Gasteiger partial charge in [0.2, 0.25) is 0 Å². The molecule has 1 rings (SSSR count). The Hall–Kier alpha value is -1.22. The number of amides is 2. The summed E-state index contributed by atoms with van der Waals surface area (Å²) in [5.41, 5.74) is 1.75. The monoisotopic (exact) mass is 254 g/mol. The molecule has 3 nitrogen and oxygen atoms in total. The van der Waals surface area contributed by atoms with E-state index in [2.05, 4.69) is 24.5 Å². The van der Waals surface area contributed by atoms with Crippen molar-refractivity contribution in [3.05, 3.63) is 28.8 Å². The van der Waals surface area contributed by atoms with Gasteiger partial charge < -0.3 is 10.6 Å². The summed E-state index contributed by atoms with van der Waals surface area (Å²) in [4.78, 5) is 11.7. The molecular formula is C13H19ClN2O. The molecule has 4 heteroatoms. The molecule has 0 atom stereocenters. The molecule has 0 aliphatic carbocycles. The van der Waals surface area contributed by atoms with E-state index in [0.717, 1.165) is 24.1 Å². The zero-order valence-electron chi connectivity index (χ0n) is 10.5. The lowest BCUT2D eigenvalue weighted by atomic mass is 10.2. The van der Waals surface area contributed by atoms with Crippen LogP contribution in [0.5, 0.6) is 0 Å². The lowest BCUT2D eigenvalue weighted by Crippen LogP contribution is -2.37. The van der Waals surface area contributed by atoms with Crippen LogP contribution in [0.25, 0.3) is 0 Å². The Morgan fingerprint density at radius 1 is 1.35 bits per heavy atom. The average Bonchev–Trinajstić information content (AvgIpc) is 2.31. The van der Waals surface area contributed by atoms with Crippen molar-refractivity contribution in [1.29, 1.82) is 0 Å². The molecule has 1 aromatic carbocycles. The quantitative estimate of drug-likeness (QED) is 0.839. The van der Waals surface area contributed by atoms with Crippen molar-refractivity contribution in [2.45, 2.75) is 39.7 Å². The summed E-state index contributed by atoms with van der Waals surface area (Å²) in [5, 5.41) is 6.35. The molecular weight excluding hydrogens is 236 g/mol. The van der Waals surface area contributed by atoms with E-state index in [0.29, 0.717) is 5.02 Å². The number of anilines is 1. The van der Waals surface area contributed by atoms with E-state index in [1.165, 1.54) is 0 Å². The normalized spacial score (nSPS) is 10.4. The van der Waals surface area contributed by atoms with Gasteiger partial charge in [-0.2, -0.15) is 0 Å². The number of halogens is 1. The molecule has 0 spiro atoms. The molecule has 1 aromatic rings. The second-order valence-electron chi connectivity index (χ2n) is 4.07. The Morgan fingerprint density at radius 2 is 2.00 bits per heavy atom. The lowest BCUT2D eigenvalue weighted by Gasteiger charge is -2.16. The van der Waals surface area contributed by atoms with Crippen molar-refractivity contribution < 1.29 is 4.79 Å². The Bertz CT molecular complexity index is 389. The molecule has 0 fully saturated rings. The van der Waals surface area contributed by atoms with E-state index < -0.39 is 0 Å². The lowest BCUT2D eigenvalue weighted by molar-refractivity contribution is 0.247. The molecule has 2 amide bonds. The van der Waals surface area contributed by atoms with Crippen LogP contribution in [0.15, 0.2) is 18.2 Å². The standard InChI is InChI=1S/C13H19ClN2O/c1-4-11(5-2)15-13(17)16-12-8-10(14)7-6-9(12)3/h6-8,11H,4-5H2,1-3H3,(H2,15,16,17). The third-order valence-corrected chi connectivity index (χ3v) is 3.00. The fourth-order valence-electron chi connectivity index (χ4n) is 1.57. The molecule has 0 saturated heterocycles. The Morgan fingerprint density at radius 3 is 2.59 bits per heavy atom. The van der Waals surface area contributed by atoms with Gasteiger partial charge in [0.25, 0.3) is 0 Å². The average molecular weight is 255 g/mol. The Labute approximate surface area is 108 Å². The molecule has 0 heterocycles. The van der Waals surface area contributed by atoms with Crippen molar-refractivity contribution in [2.75, 3.05) is 5.32 Å². The summed E-state index contributed by atoms with van der Waals surface area (Å²) in [5.74, 6) is 0. The van der Waals surface area contributed by atoms with Gasteiger partial charge in [0.05, 0.1) is 0 Å². The van der Waals surface area contributed by atoms with Crippen molar-refractivity contribution >= 4 is 23.3 Å². The molecule has 17 heavy (non-hydrogen) atoms. The molecule has 0 radical (unpaired) electrons. The number of carbonyl (C=O) groups is 1. The highest BCUT2D eigenvalue weighted by molar-refractivity contribution is 6.31. The third kappa shape index (κ3) is 4.27. The molecule has 0 aliphatic heterocycles. The summed E-state index contributed by atoms with van der Waals surface area (Å²) in [6, 6.07) is 5.48. The number of hydrogen-bond acceptors (Lipinski definition) is 1. The number of nitrogens with one attached hydrogen (secondary N) is 2. The van der Waals surface area contributed by atoms with Crippen molar-refractivity contribution in [1.82, 2.24) is 5.32 Å². The van der Waals surface area contributed by atoms with Gasteiger partial charge >= 0.3 is 6.03 Å². The van der Waals surface area contributed by atoms with Gasteiger partial charge in [0, 0.05) is 16.8 Å². The van der Waals surface area contributed by atoms with Gasteiger partial charge in [-0.25, -0.2) is 4.79 Å². The molecule has 94 valence electrons. The van der Waals surface area contributed by atoms with E-state index in [1.807, 2.05) is 13.0 Å².